The van der Waals surface area contributed by atoms with E-state index in [9.17, 15) is 4.79 Å². The summed E-state index contributed by atoms with van der Waals surface area (Å²) in [6.45, 7) is 1.83. The summed E-state index contributed by atoms with van der Waals surface area (Å²) in [6.07, 6.45) is 0. The zero-order chi connectivity index (χ0) is 17.6. The fraction of sp³-hybridized carbons (Fsp3) is 0.0952. The number of amides is 1. The predicted molar refractivity (Wildman–Crippen MR) is 105 cm³/mol. The number of rotatable bonds is 5. The predicted octanol–water partition coefficient (Wildman–Crippen LogP) is 5.45. The first kappa shape index (κ1) is 17.1. The van der Waals surface area contributed by atoms with Crippen LogP contribution in [0.25, 0.3) is 11.1 Å². The van der Waals surface area contributed by atoms with E-state index in [1.165, 1.54) is 0 Å². The maximum atomic E-state index is 12.6. The molecule has 0 spiro atoms. The van der Waals surface area contributed by atoms with Crippen molar-refractivity contribution in [3.63, 3.8) is 0 Å². The Morgan fingerprint density at radius 2 is 1.52 bits per heavy atom. The van der Waals surface area contributed by atoms with Gasteiger partial charge in [0.15, 0.2) is 0 Å². The maximum Gasteiger partial charge on any atom is 0.246 e. The summed E-state index contributed by atoms with van der Waals surface area (Å²) in [6, 6.07) is 24.7. The van der Waals surface area contributed by atoms with E-state index in [-0.39, 0.29) is 11.9 Å². The van der Waals surface area contributed by atoms with Gasteiger partial charge < -0.3 is 10.6 Å². The van der Waals surface area contributed by atoms with Gasteiger partial charge in [-0.25, -0.2) is 0 Å². The molecule has 3 aromatic carbocycles. The highest BCUT2D eigenvalue weighted by atomic mass is 35.5. The fourth-order valence-electron chi connectivity index (χ4n) is 2.56. The van der Waals surface area contributed by atoms with Crippen LogP contribution < -0.4 is 10.6 Å². The van der Waals surface area contributed by atoms with Crippen molar-refractivity contribution in [3.05, 3.63) is 83.9 Å². The molecule has 0 radical (unpaired) electrons. The van der Waals surface area contributed by atoms with Crippen LogP contribution in [0.5, 0.6) is 0 Å². The summed E-state index contributed by atoms with van der Waals surface area (Å²) in [5.41, 5.74) is 3.71. The minimum absolute atomic E-state index is 0.0988. The summed E-state index contributed by atoms with van der Waals surface area (Å²) >= 11 is 5.89. The number of para-hydroxylation sites is 1. The number of hydrogen-bond donors (Lipinski definition) is 2. The molecule has 0 unspecified atom stereocenters. The lowest BCUT2D eigenvalue weighted by atomic mass is 10.0. The molecule has 0 fully saturated rings. The van der Waals surface area contributed by atoms with Gasteiger partial charge >= 0.3 is 0 Å². The highest BCUT2D eigenvalue weighted by molar-refractivity contribution is 6.30. The molecule has 0 aliphatic carbocycles. The third-order valence-electron chi connectivity index (χ3n) is 3.89. The second kappa shape index (κ2) is 7.86. The SMILES string of the molecule is C[C@H](Nc1ccc(Cl)cc1)C(=O)Nc1ccccc1-c1ccccc1. The zero-order valence-electron chi connectivity index (χ0n) is 13.9. The second-order valence-electron chi connectivity index (χ2n) is 5.77. The molecule has 0 saturated heterocycles. The molecular weight excluding hydrogens is 332 g/mol. The minimum atomic E-state index is -0.384. The number of carbonyl (C=O) groups is 1. The fourth-order valence-corrected chi connectivity index (χ4v) is 2.69. The van der Waals surface area contributed by atoms with Gasteiger partial charge in [-0.3, -0.25) is 4.79 Å². The van der Waals surface area contributed by atoms with E-state index < -0.39 is 0 Å². The van der Waals surface area contributed by atoms with Crippen LogP contribution in [0.3, 0.4) is 0 Å². The highest BCUT2D eigenvalue weighted by Gasteiger charge is 2.14. The van der Waals surface area contributed by atoms with Crippen LogP contribution in [0.1, 0.15) is 6.92 Å². The van der Waals surface area contributed by atoms with Gasteiger partial charge in [-0.05, 0) is 42.8 Å². The molecule has 3 rings (SSSR count). The van der Waals surface area contributed by atoms with Gasteiger partial charge in [0, 0.05) is 22.0 Å². The van der Waals surface area contributed by atoms with E-state index in [1.807, 2.05) is 73.7 Å². The van der Waals surface area contributed by atoms with Gasteiger partial charge in [0.1, 0.15) is 6.04 Å². The van der Waals surface area contributed by atoms with Crippen LogP contribution in [0, 0.1) is 0 Å². The molecule has 25 heavy (non-hydrogen) atoms. The van der Waals surface area contributed by atoms with E-state index in [0.717, 1.165) is 22.5 Å². The van der Waals surface area contributed by atoms with E-state index in [0.29, 0.717) is 5.02 Å². The molecule has 126 valence electrons. The number of anilines is 2. The van der Waals surface area contributed by atoms with E-state index in [1.54, 1.807) is 12.1 Å². The van der Waals surface area contributed by atoms with Crippen LogP contribution in [-0.2, 0) is 4.79 Å². The van der Waals surface area contributed by atoms with Gasteiger partial charge in [-0.1, -0.05) is 60.1 Å². The Hall–Kier alpha value is -2.78. The van der Waals surface area contributed by atoms with Gasteiger partial charge in [0.25, 0.3) is 0 Å². The standard InChI is InChI=1S/C21H19ClN2O/c1-15(23-18-13-11-17(22)12-14-18)21(25)24-20-10-6-5-9-19(20)16-7-3-2-4-8-16/h2-15,23H,1H3,(H,24,25)/t15-/m0/s1. The van der Waals surface area contributed by atoms with Crippen molar-refractivity contribution >= 4 is 28.9 Å². The number of halogens is 1. The highest BCUT2D eigenvalue weighted by Crippen LogP contribution is 2.27. The van der Waals surface area contributed by atoms with Crippen LogP contribution >= 0.6 is 11.6 Å². The van der Waals surface area contributed by atoms with Crippen molar-refractivity contribution in [3.8, 4) is 11.1 Å². The van der Waals surface area contributed by atoms with Gasteiger partial charge in [0.2, 0.25) is 5.91 Å². The van der Waals surface area contributed by atoms with Crippen LogP contribution in [0.2, 0.25) is 5.02 Å². The summed E-state index contributed by atoms with van der Waals surface area (Å²) in [7, 11) is 0. The minimum Gasteiger partial charge on any atom is -0.374 e. The molecule has 0 bridgehead atoms. The first-order valence-electron chi connectivity index (χ1n) is 8.11. The van der Waals surface area contributed by atoms with E-state index >= 15 is 0 Å². The largest absolute Gasteiger partial charge is 0.374 e. The van der Waals surface area contributed by atoms with E-state index in [2.05, 4.69) is 10.6 Å². The van der Waals surface area contributed by atoms with Gasteiger partial charge in [0.05, 0.1) is 0 Å². The maximum absolute atomic E-state index is 12.6. The number of benzene rings is 3. The average Bonchev–Trinajstić information content (AvgIpc) is 2.64. The third-order valence-corrected chi connectivity index (χ3v) is 4.14. The number of hydrogen-bond acceptors (Lipinski definition) is 2. The lowest BCUT2D eigenvalue weighted by molar-refractivity contribution is -0.116. The third kappa shape index (κ3) is 4.40. The Kier molecular flexibility index (Phi) is 5.36. The molecular formula is C21H19ClN2O. The van der Waals surface area contributed by atoms with Crippen molar-refractivity contribution in [2.75, 3.05) is 10.6 Å². The summed E-state index contributed by atoms with van der Waals surface area (Å²) in [5, 5.41) is 6.86. The van der Waals surface area contributed by atoms with Gasteiger partial charge in [-0.2, -0.15) is 0 Å². The number of nitrogens with one attached hydrogen (secondary N) is 2. The first-order valence-corrected chi connectivity index (χ1v) is 8.49. The Morgan fingerprint density at radius 3 is 2.24 bits per heavy atom. The smallest absolute Gasteiger partial charge is 0.246 e. The van der Waals surface area contributed by atoms with Gasteiger partial charge in [-0.15, -0.1) is 0 Å². The average molecular weight is 351 g/mol. The van der Waals surface area contributed by atoms with Crippen molar-refractivity contribution < 1.29 is 4.79 Å². The molecule has 0 saturated carbocycles. The summed E-state index contributed by atoms with van der Waals surface area (Å²) in [5.74, 6) is -0.0988. The van der Waals surface area contributed by atoms with Crippen LogP contribution in [-0.4, -0.2) is 11.9 Å². The molecule has 0 heterocycles. The van der Waals surface area contributed by atoms with Crippen molar-refractivity contribution in [1.29, 1.82) is 0 Å². The first-order chi connectivity index (χ1) is 12.1. The molecule has 0 aliphatic heterocycles. The quantitative estimate of drug-likeness (QED) is 0.642. The Morgan fingerprint density at radius 1 is 0.880 bits per heavy atom. The molecule has 0 aliphatic rings. The van der Waals surface area contributed by atoms with Crippen molar-refractivity contribution in [2.45, 2.75) is 13.0 Å². The Balaban J connectivity index is 1.74. The van der Waals surface area contributed by atoms with E-state index in [4.69, 9.17) is 11.6 Å². The molecule has 1 atom stereocenters. The van der Waals surface area contributed by atoms with Crippen molar-refractivity contribution in [1.82, 2.24) is 0 Å². The zero-order valence-corrected chi connectivity index (χ0v) is 14.6. The number of carbonyl (C=O) groups excluding carboxylic acids is 1. The lowest BCUT2D eigenvalue weighted by Crippen LogP contribution is -2.32. The molecule has 2 N–H and O–H groups in total. The lowest BCUT2D eigenvalue weighted by Gasteiger charge is -2.17. The monoisotopic (exact) mass is 350 g/mol. The van der Waals surface area contributed by atoms with Crippen LogP contribution in [0.4, 0.5) is 11.4 Å². The topological polar surface area (TPSA) is 41.1 Å². The molecule has 4 heteroatoms. The Bertz CT molecular complexity index is 847. The summed E-state index contributed by atoms with van der Waals surface area (Å²) in [4.78, 5) is 12.6. The molecule has 3 nitrogen and oxygen atoms in total. The normalized spacial score (nSPS) is 11.6. The second-order valence-corrected chi connectivity index (χ2v) is 6.21. The van der Waals surface area contributed by atoms with Crippen molar-refractivity contribution in [2.24, 2.45) is 0 Å². The molecule has 3 aromatic rings. The summed E-state index contributed by atoms with van der Waals surface area (Å²) < 4.78 is 0. The molecule has 0 aromatic heterocycles. The Labute approximate surface area is 152 Å². The van der Waals surface area contributed by atoms with Crippen LogP contribution in [0.15, 0.2) is 78.9 Å². The molecule has 1 amide bonds.